The molecule has 0 radical (unpaired) electrons. The van der Waals surface area contributed by atoms with E-state index in [-0.39, 0.29) is 12.3 Å². The summed E-state index contributed by atoms with van der Waals surface area (Å²) in [5.41, 5.74) is 3.06. The number of nitrogens with zero attached hydrogens (tertiary/aromatic N) is 2. The van der Waals surface area contributed by atoms with E-state index in [2.05, 4.69) is 34.3 Å². The van der Waals surface area contributed by atoms with Crippen molar-refractivity contribution in [2.75, 3.05) is 5.32 Å². The molecule has 0 saturated heterocycles. The van der Waals surface area contributed by atoms with Crippen LogP contribution in [0.2, 0.25) is 0 Å². The van der Waals surface area contributed by atoms with Gasteiger partial charge in [0, 0.05) is 5.38 Å². The van der Waals surface area contributed by atoms with E-state index in [0.717, 1.165) is 32.2 Å². The van der Waals surface area contributed by atoms with Gasteiger partial charge in [-0.25, -0.2) is 9.97 Å². The van der Waals surface area contributed by atoms with Crippen LogP contribution in [0.15, 0.2) is 41.1 Å². The highest BCUT2D eigenvalue weighted by Gasteiger charge is 2.12. The molecule has 4 aromatic rings. The lowest BCUT2D eigenvalue weighted by atomic mass is 10.1. The van der Waals surface area contributed by atoms with Gasteiger partial charge >= 0.3 is 0 Å². The molecule has 0 fully saturated rings. The van der Waals surface area contributed by atoms with Crippen LogP contribution in [0.5, 0.6) is 0 Å². The average Bonchev–Trinajstić information content (AvgIpc) is 3.39. The Morgan fingerprint density at radius 2 is 2.11 bits per heavy atom. The van der Waals surface area contributed by atoms with Crippen molar-refractivity contribution in [3.8, 4) is 9.88 Å². The summed E-state index contributed by atoms with van der Waals surface area (Å²) in [5.74, 6) is -0.0803. The number of aryl methyl sites for hydroxylation is 1. The predicted molar refractivity (Wildman–Crippen MR) is 116 cm³/mol. The molecule has 0 bridgehead atoms. The van der Waals surface area contributed by atoms with Gasteiger partial charge in [-0.05, 0) is 42.0 Å². The van der Waals surface area contributed by atoms with Crippen LogP contribution in [-0.2, 0) is 17.6 Å². The van der Waals surface area contributed by atoms with Gasteiger partial charge in [0.15, 0.2) is 5.13 Å². The molecule has 0 unspecified atom stereocenters. The molecular formula is C20H19N3OS3. The number of hydrogen-bond acceptors (Lipinski definition) is 6. The maximum atomic E-state index is 12.4. The summed E-state index contributed by atoms with van der Waals surface area (Å²) in [6, 6.07) is 10.4. The number of aromatic nitrogens is 2. The predicted octanol–water partition coefficient (Wildman–Crippen LogP) is 6.01. The van der Waals surface area contributed by atoms with E-state index in [9.17, 15) is 4.79 Å². The van der Waals surface area contributed by atoms with Crippen LogP contribution >= 0.6 is 34.0 Å². The van der Waals surface area contributed by atoms with E-state index in [4.69, 9.17) is 0 Å². The Balaban J connectivity index is 1.42. The van der Waals surface area contributed by atoms with Crippen molar-refractivity contribution < 1.29 is 4.79 Å². The fraction of sp³-hybridized carbons (Fsp3) is 0.250. The van der Waals surface area contributed by atoms with Gasteiger partial charge < -0.3 is 5.32 Å². The molecular weight excluding hydrogens is 394 g/mol. The summed E-state index contributed by atoms with van der Waals surface area (Å²) in [6.07, 6.45) is 3.73. The zero-order chi connectivity index (χ0) is 18.6. The summed E-state index contributed by atoms with van der Waals surface area (Å²) in [6.45, 7) is 2.20. The molecule has 0 atom stereocenters. The fourth-order valence-corrected chi connectivity index (χ4v) is 5.37. The molecule has 1 amide bonds. The van der Waals surface area contributed by atoms with E-state index in [1.54, 1.807) is 22.7 Å². The number of carbonyl (C=O) groups is 1. The highest BCUT2D eigenvalue weighted by molar-refractivity contribution is 7.22. The van der Waals surface area contributed by atoms with E-state index in [0.29, 0.717) is 5.13 Å². The maximum absolute atomic E-state index is 12.4. The summed E-state index contributed by atoms with van der Waals surface area (Å²) in [5, 5.41) is 8.52. The first-order valence-corrected chi connectivity index (χ1v) is 11.5. The molecule has 0 saturated carbocycles. The number of nitrogens with one attached hydrogen (secondary N) is 1. The highest BCUT2D eigenvalue weighted by atomic mass is 32.1. The molecule has 0 spiro atoms. The maximum Gasteiger partial charge on any atom is 0.232 e. The van der Waals surface area contributed by atoms with Gasteiger partial charge in [0.1, 0.15) is 5.01 Å². The summed E-state index contributed by atoms with van der Waals surface area (Å²) in [7, 11) is 0. The Bertz CT molecular complexity index is 1050. The van der Waals surface area contributed by atoms with Crippen LogP contribution in [0.4, 0.5) is 5.13 Å². The highest BCUT2D eigenvalue weighted by Crippen LogP contribution is 2.29. The van der Waals surface area contributed by atoms with Crippen LogP contribution in [0.1, 0.15) is 31.0 Å². The van der Waals surface area contributed by atoms with Crippen LogP contribution in [0, 0.1) is 0 Å². The van der Waals surface area contributed by atoms with Crippen LogP contribution < -0.4 is 5.32 Å². The number of thiazole rings is 2. The Kier molecular flexibility index (Phi) is 5.61. The number of anilines is 1. The smallest absolute Gasteiger partial charge is 0.232 e. The third-order valence-electron chi connectivity index (χ3n) is 4.14. The van der Waals surface area contributed by atoms with Gasteiger partial charge in [-0.1, -0.05) is 36.8 Å². The van der Waals surface area contributed by atoms with E-state index < -0.39 is 0 Å². The summed E-state index contributed by atoms with van der Waals surface area (Å²) >= 11 is 4.76. The van der Waals surface area contributed by atoms with Crippen molar-refractivity contribution in [3.63, 3.8) is 0 Å². The lowest BCUT2D eigenvalue weighted by Gasteiger charge is -1.98. The lowest BCUT2D eigenvalue weighted by molar-refractivity contribution is -0.115. The quantitative estimate of drug-likeness (QED) is 0.404. The topological polar surface area (TPSA) is 54.9 Å². The second-order valence-electron chi connectivity index (χ2n) is 6.27. The van der Waals surface area contributed by atoms with Gasteiger partial charge in [-0.15, -0.1) is 22.7 Å². The van der Waals surface area contributed by atoms with Crippen molar-refractivity contribution in [2.24, 2.45) is 0 Å². The Labute approximate surface area is 169 Å². The number of thiophene rings is 1. The molecule has 7 heteroatoms. The number of rotatable bonds is 7. The molecule has 0 aliphatic rings. The number of carbonyl (C=O) groups excluding carboxylic acids is 1. The fourth-order valence-electron chi connectivity index (χ4n) is 2.79. The average molecular weight is 414 g/mol. The minimum Gasteiger partial charge on any atom is -0.302 e. The number of unbranched alkanes of at least 4 members (excludes halogenated alkanes) is 1. The zero-order valence-electron chi connectivity index (χ0n) is 14.9. The molecule has 138 valence electrons. The van der Waals surface area contributed by atoms with E-state index >= 15 is 0 Å². The van der Waals surface area contributed by atoms with Gasteiger partial charge in [0.25, 0.3) is 0 Å². The third-order valence-corrected chi connectivity index (χ3v) is 7.01. The number of hydrogen-bond donors (Lipinski definition) is 1. The second kappa shape index (κ2) is 8.29. The third kappa shape index (κ3) is 4.43. The normalized spacial score (nSPS) is 11.1. The van der Waals surface area contributed by atoms with Crippen molar-refractivity contribution in [1.29, 1.82) is 0 Å². The van der Waals surface area contributed by atoms with E-state index in [1.165, 1.54) is 29.7 Å². The van der Waals surface area contributed by atoms with Crippen LogP contribution in [0.3, 0.4) is 0 Å². The first-order chi connectivity index (χ1) is 13.2. The molecule has 4 rings (SSSR count). The van der Waals surface area contributed by atoms with E-state index in [1.807, 2.05) is 29.0 Å². The zero-order valence-corrected chi connectivity index (χ0v) is 17.3. The Morgan fingerprint density at radius 1 is 1.19 bits per heavy atom. The van der Waals surface area contributed by atoms with Crippen molar-refractivity contribution in [3.05, 3.63) is 52.3 Å². The molecule has 27 heavy (non-hydrogen) atoms. The molecule has 3 heterocycles. The molecule has 1 aromatic carbocycles. The minimum absolute atomic E-state index is 0.0803. The summed E-state index contributed by atoms with van der Waals surface area (Å²) < 4.78 is 1.12. The number of amides is 1. The van der Waals surface area contributed by atoms with Gasteiger partial charge in [-0.3, -0.25) is 4.79 Å². The Morgan fingerprint density at radius 3 is 2.93 bits per heavy atom. The lowest BCUT2D eigenvalue weighted by Crippen LogP contribution is -2.14. The molecule has 4 nitrogen and oxygen atoms in total. The Hall–Kier alpha value is -2.09. The standard InChI is InChI=1S/C20H19N3OS3/c1-2-3-5-13-7-8-15-17(10-13)27-20(22-15)23-18(24)11-14-12-26-19(21-14)16-6-4-9-25-16/h4,6-10,12H,2-3,5,11H2,1H3,(H,22,23,24). The van der Waals surface area contributed by atoms with Crippen molar-refractivity contribution >= 4 is 55.3 Å². The SMILES string of the molecule is CCCCc1ccc2nc(NC(=O)Cc3csc(-c4cccs4)n3)sc2c1. The number of fused-ring (bicyclic) bond motifs is 1. The van der Waals surface area contributed by atoms with Gasteiger partial charge in [-0.2, -0.15) is 0 Å². The van der Waals surface area contributed by atoms with Crippen LogP contribution in [0.25, 0.3) is 20.1 Å². The molecule has 1 N–H and O–H groups in total. The second-order valence-corrected chi connectivity index (χ2v) is 9.11. The van der Waals surface area contributed by atoms with Gasteiger partial charge in [0.05, 0.1) is 27.2 Å². The minimum atomic E-state index is -0.0803. The monoisotopic (exact) mass is 413 g/mol. The largest absolute Gasteiger partial charge is 0.302 e. The first-order valence-electron chi connectivity index (χ1n) is 8.89. The molecule has 0 aliphatic carbocycles. The number of benzene rings is 1. The van der Waals surface area contributed by atoms with Crippen molar-refractivity contribution in [2.45, 2.75) is 32.6 Å². The van der Waals surface area contributed by atoms with Crippen molar-refractivity contribution in [1.82, 2.24) is 9.97 Å². The molecule has 3 aromatic heterocycles. The summed E-state index contributed by atoms with van der Waals surface area (Å²) in [4.78, 5) is 22.6. The van der Waals surface area contributed by atoms with Gasteiger partial charge in [0.2, 0.25) is 5.91 Å². The molecule has 0 aliphatic heterocycles. The van der Waals surface area contributed by atoms with Crippen LogP contribution in [-0.4, -0.2) is 15.9 Å². The first kappa shape index (κ1) is 18.3.